The third-order valence-electron chi connectivity index (χ3n) is 2.39. The Bertz CT molecular complexity index is 574. The van der Waals surface area contributed by atoms with Crippen molar-refractivity contribution in [2.75, 3.05) is 6.79 Å². The second-order valence-electron chi connectivity index (χ2n) is 3.62. The SMILES string of the molecule is OCc1cncc(Oc2ccc3c(c2)OCO3)n1. The number of aliphatic hydroxyl groups is 1. The van der Waals surface area contributed by atoms with E-state index in [0.29, 0.717) is 28.8 Å². The molecule has 2 heterocycles. The van der Waals surface area contributed by atoms with Crippen molar-refractivity contribution in [2.45, 2.75) is 6.61 Å². The molecule has 6 heteroatoms. The molecule has 92 valence electrons. The van der Waals surface area contributed by atoms with Crippen LogP contribution in [0.3, 0.4) is 0 Å². The minimum absolute atomic E-state index is 0.175. The lowest BCUT2D eigenvalue weighted by atomic mass is 10.3. The van der Waals surface area contributed by atoms with Gasteiger partial charge in [-0.2, -0.15) is 0 Å². The van der Waals surface area contributed by atoms with Gasteiger partial charge < -0.3 is 19.3 Å². The number of aliphatic hydroxyl groups excluding tert-OH is 1. The maximum absolute atomic E-state index is 8.96. The standard InChI is InChI=1S/C12H10N2O4/c15-6-8-4-13-5-12(14-8)18-9-1-2-10-11(3-9)17-7-16-10/h1-5,15H,6-7H2. The summed E-state index contributed by atoms with van der Waals surface area (Å²) in [5.41, 5.74) is 0.452. The van der Waals surface area contributed by atoms with Crippen molar-refractivity contribution in [3.63, 3.8) is 0 Å². The Morgan fingerprint density at radius 2 is 2.11 bits per heavy atom. The van der Waals surface area contributed by atoms with Gasteiger partial charge in [0.25, 0.3) is 0 Å². The molecule has 0 saturated heterocycles. The van der Waals surface area contributed by atoms with E-state index in [0.717, 1.165) is 0 Å². The van der Waals surface area contributed by atoms with E-state index in [1.807, 2.05) is 0 Å². The number of ether oxygens (including phenoxy) is 3. The quantitative estimate of drug-likeness (QED) is 0.884. The molecule has 0 bridgehead atoms. The number of nitrogens with zero attached hydrogens (tertiary/aromatic N) is 2. The first kappa shape index (κ1) is 10.8. The molecule has 1 N–H and O–H groups in total. The van der Waals surface area contributed by atoms with Crippen molar-refractivity contribution in [1.29, 1.82) is 0 Å². The number of benzene rings is 1. The fourth-order valence-electron chi connectivity index (χ4n) is 1.57. The van der Waals surface area contributed by atoms with Crippen molar-refractivity contribution in [3.8, 4) is 23.1 Å². The number of fused-ring (bicyclic) bond motifs is 1. The molecule has 1 aliphatic rings. The molecule has 1 aromatic heterocycles. The van der Waals surface area contributed by atoms with Crippen LogP contribution in [0.4, 0.5) is 0 Å². The fraction of sp³-hybridized carbons (Fsp3) is 0.167. The molecule has 0 spiro atoms. The van der Waals surface area contributed by atoms with Crippen LogP contribution < -0.4 is 14.2 Å². The highest BCUT2D eigenvalue weighted by Crippen LogP contribution is 2.36. The summed E-state index contributed by atoms with van der Waals surface area (Å²) in [5, 5.41) is 8.96. The lowest BCUT2D eigenvalue weighted by molar-refractivity contribution is 0.174. The average molecular weight is 246 g/mol. The Morgan fingerprint density at radius 3 is 3.00 bits per heavy atom. The Morgan fingerprint density at radius 1 is 1.22 bits per heavy atom. The zero-order chi connectivity index (χ0) is 12.4. The molecule has 2 aromatic rings. The number of rotatable bonds is 3. The molecule has 0 unspecified atom stereocenters. The molecule has 0 aliphatic carbocycles. The third-order valence-corrected chi connectivity index (χ3v) is 2.39. The summed E-state index contributed by atoms with van der Waals surface area (Å²) >= 11 is 0. The summed E-state index contributed by atoms with van der Waals surface area (Å²) in [6, 6.07) is 5.23. The highest BCUT2D eigenvalue weighted by molar-refractivity contribution is 5.47. The second-order valence-corrected chi connectivity index (χ2v) is 3.62. The highest BCUT2D eigenvalue weighted by atomic mass is 16.7. The number of hydrogen-bond donors (Lipinski definition) is 1. The van der Waals surface area contributed by atoms with Crippen LogP contribution in [-0.4, -0.2) is 21.9 Å². The molecule has 6 nitrogen and oxygen atoms in total. The van der Waals surface area contributed by atoms with Crippen LogP contribution in [0.15, 0.2) is 30.6 Å². The van der Waals surface area contributed by atoms with Crippen LogP contribution in [0.1, 0.15) is 5.69 Å². The molecule has 3 rings (SSSR count). The van der Waals surface area contributed by atoms with E-state index in [2.05, 4.69) is 9.97 Å². The minimum atomic E-state index is -0.175. The van der Waals surface area contributed by atoms with Crippen LogP contribution >= 0.6 is 0 Å². The summed E-state index contributed by atoms with van der Waals surface area (Å²) in [4.78, 5) is 7.99. The van der Waals surface area contributed by atoms with Gasteiger partial charge in [0.2, 0.25) is 12.7 Å². The van der Waals surface area contributed by atoms with E-state index in [9.17, 15) is 0 Å². The maximum Gasteiger partial charge on any atom is 0.238 e. The van der Waals surface area contributed by atoms with Gasteiger partial charge in [-0.3, -0.25) is 4.98 Å². The Labute approximate surface area is 103 Å². The summed E-state index contributed by atoms with van der Waals surface area (Å²) < 4.78 is 16.0. The van der Waals surface area contributed by atoms with E-state index < -0.39 is 0 Å². The Kier molecular flexibility index (Phi) is 2.70. The van der Waals surface area contributed by atoms with Crippen molar-refractivity contribution in [2.24, 2.45) is 0 Å². The lowest BCUT2D eigenvalue weighted by Crippen LogP contribution is -1.94. The largest absolute Gasteiger partial charge is 0.454 e. The second kappa shape index (κ2) is 4.50. The van der Waals surface area contributed by atoms with Crippen LogP contribution in [0.25, 0.3) is 0 Å². The minimum Gasteiger partial charge on any atom is -0.454 e. The van der Waals surface area contributed by atoms with E-state index in [-0.39, 0.29) is 13.4 Å². The smallest absolute Gasteiger partial charge is 0.238 e. The van der Waals surface area contributed by atoms with Gasteiger partial charge in [0, 0.05) is 6.07 Å². The van der Waals surface area contributed by atoms with E-state index in [1.54, 1.807) is 18.2 Å². The molecule has 1 aliphatic heterocycles. The fourth-order valence-corrected chi connectivity index (χ4v) is 1.57. The van der Waals surface area contributed by atoms with E-state index in [4.69, 9.17) is 19.3 Å². The van der Waals surface area contributed by atoms with Crippen LogP contribution in [0.5, 0.6) is 23.1 Å². The lowest BCUT2D eigenvalue weighted by Gasteiger charge is -2.05. The van der Waals surface area contributed by atoms with Gasteiger partial charge in [0.15, 0.2) is 11.5 Å². The molecule has 0 saturated carbocycles. The summed E-state index contributed by atoms with van der Waals surface area (Å²) in [6.45, 7) is 0.0456. The average Bonchev–Trinajstić information content (AvgIpc) is 2.86. The van der Waals surface area contributed by atoms with E-state index >= 15 is 0 Å². The first-order valence-corrected chi connectivity index (χ1v) is 5.34. The van der Waals surface area contributed by atoms with Crippen molar-refractivity contribution >= 4 is 0 Å². The Hall–Kier alpha value is -2.34. The Balaban J connectivity index is 1.83. The monoisotopic (exact) mass is 246 g/mol. The molecular formula is C12H10N2O4. The highest BCUT2D eigenvalue weighted by Gasteiger charge is 2.14. The topological polar surface area (TPSA) is 73.7 Å². The predicted octanol–water partition coefficient (Wildman–Crippen LogP) is 1.49. The van der Waals surface area contributed by atoms with Crippen molar-refractivity contribution < 1.29 is 19.3 Å². The van der Waals surface area contributed by atoms with Gasteiger partial charge in [-0.1, -0.05) is 0 Å². The molecule has 1 aromatic carbocycles. The molecule has 0 atom stereocenters. The van der Waals surface area contributed by atoms with Gasteiger partial charge in [-0.05, 0) is 12.1 Å². The first-order chi connectivity index (χ1) is 8.85. The van der Waals surface area contributed by atoms with Crippen molar-refractivity contribution in [1.82, 2.24) is 9.97 Å². The predicted molar refractivity (Wildman–Crippen MR) is 60.6 cm³/mol. The van der Waals surface area contributed by atoms with Crippen LogP contribution in [0.2, 0.25) is 0 Å². The number of hydrogen-bond acceptors (Lipinski definition) is 6. The third kappa shape index (κ3) is 2.05. The molecular weight excluding hydrogens is 236 g/mol. The van der Waals surface area contributed by atoms with Gasteiger partial charge in [0.05, 0.1) is 24.7 Å². The number of aromatic nitrogens is 2. The van der Waals surface area contributed by atoms with Gasteiger partial charge in [-0.15, -0.1) is 0 Å². The van der Waals surface area contributed by atoms with Crippen molar-refractivity contribution in [3.05, 3.63) is 36.3 Å². The van der Waals surface area contributed by atoms with Crippen LogP contribution in [0, 0.1) is 0 Å². The molecule has 0 amide bonds. The molecule has 18 heavy (non-hydrogen) atoms. The van der Waals surface area contributed by atoms with E-state index in [1.165, 1.54) is 12.4 Å². The summed E-state index contributed by atoms with van der Waals surface area (Å²) in [6.07, 6.45) is 2.95. The maximum atomic E-state index is 8.96. The summed E-state index contributed by atoms with van der Waals surface area (Å²) in [5.74, 6) is 2.22. The molecule has 0 fully saturated rings. The van der Waals surface area contributed by atoms with Crippen LogP contribution in [-0.2, 0) is 6.61 Å². The zero-order valence-corrected chi connectivity index (χ0v) is 9.37. The van der Waals surface area contributed by atoms with Gasteiger partial charge in [0.1, 0.15) is 5.75 Å². The molecule has 0 radical (unpaired) electrons. The summed E-state index contributed by atoms with van der Waals surface area (Å²) in [7, 11) is 0. The normalized spacial score (nSPS) is 12.5. The first-order valence-electron chi connectivity index (χ1n) is 5.34. The van der Waals surface area contributed by atoms with Gasteiger partial charge >= 0.3 is 0 Å². The van der Waals surface area contributed by atoms with Gasteiger partial charge in [-0.25, -0.2) is 4.98 Å². The zero-order valence-electron chi connectivity index (χ0n) is 9.37.